The molecule has 0 saturated heterocycles. The molecule has 0 radical (unpaired) electrons. The van der Waals surface area contributed by atoms with Gasteiger partial charge in [0, 0.05) is 0 Å². The van der Waals surface area contributed by atoms with E-state index in [2.05, 4.69) is 108 Å². The Balaban J connectivity index is 0. The Hall–Kier alpha value is -2.00. The van der Waals surface area contributed by atoms with Gasteiger partial charge in [-0.2, -0.15) is 12.8 Å². The van der Waals surface area contributed by atoms with Gasteiger partial charge in [0.15, 0.2) is 0 Å². The summed E-state index contributed by atoms with van der Waals surface area (Å²) in [5, 5.41) is 0. The molecule has 0 aliphatic carbocycles. The van der Waals surface area contributed by atoms with E-state index in [1.54, 1.807) is 0 Å². The number of nitrogens with zero attached hydrogens (tertiary/aromatic N) is 2. The summed E-state index contributed by atoms with van der Waals surface area (Å²) in [7, 11) is 0. The van der Waals surface area contributed by atoms with Gasteiger partial charge in [-0.25, -0.2) is 0 Å². The van der Waals surface area contributed by atoms with E-state index in [-0.39, 0.29) is 20.4 Å². The monoisotopic (exact) mass is 690 g/mol. The Morgan fingerprint density at radius 2 is 1.11 bits per heavy atom. The van der Waals surface area contributed by atoms with Crippen molar-refractivity contribution in [2.24, 2.45) is 0 Å². The summed E-state index contributed by atoms with van der Waals surface area (Å²) >= 11 is 0. The standard InChI is InChI=1S/C33H46N2.2C4H9.Pd/c1-4-7-10-11-12-14-18-29-20-16-23-32(27-29)33(30(24-25-35-34)21-13-8-5-2)31-22-15-19-28(26-31)17-9-6-3;2*1-3-4-2;/h15-16,19-20,22-24,26-27H,4-14,17-18,21H2,1-3H3;2*1,3-4H2,2H3;/q;2*-1;+2. The van der Waals surface area contributed by atoms with Crippen LogP contribution in [0.1, 0.15) is 160 Å². The van der Waals surface area contributed by atoms with E-state index in [0.717, 1.165) is 38.5 Å². The van der Waals surface area contributed by atoms with Crippen LogP contribution in [0.4, 0.5) is 0 Å². The van der Waals surface area contributed by atoms with Gasteiger partial charge in [-0.15, -0.1) is 4.79 Å². The summed E-state index contributed by atoms with van der Waals surface area (Å²) in [4.78, 5) is 3.18. The number of hydrogen-bond acceptors (Lipinski definition) is 0. The summed E-state index contributed by atoms with van der Waals surface area (Å²) in [5.74, 6) is 2.72. The molecule has 0 atom stereocenters. The fourth-order valence-corrected chi connectivity index (χ4v) is 4.73. The molecule has 0 fully saturated rings. The Bertz CT molecular complexity index is 1050. The third-order valence-corrected chi connectivity index (χ3v) is 7.44. The molecule has 0 aliphatic rings. The molecule has 0 N–H and O–H groups in total. The zero-order valence-corrected chi connectivity index (χ0v) is 30.6. The first-order chi connectivity index (χ1) is 21.1. The molecule has 248 valence electrons. The Labute approximate surface area is 287 Å². The summed E-state index contributed by atoms with van der Waals surface area (Å²) in [6.07, 6.45) is 23.4. The molecule has 0 aromatic heterocycles. The van der Waals surface area contributed by atoms with E-state index in [0.29, 0.717) is 0 Å². The molecular weight excluding hydrogens is 627 g/mol. The van der Waals surface area contributed by atoms with E-state index < -0.39 is 0 Å². The topological polar surface area (TPSA) is 36.4 Å². The first-order valence-electron chi connectivity index (χ1n) is 17.5. The minimum absolute atomic E-state index is 0. The zero-order chi connectivity index (χ0) is 32.0. The van der Waals surface area contributed by atoms with Crippen molar-refractivity contribution < 1.29 is 25.2 Å². The third-order valence-electron chi connectivity index (χ3n) is 7.44. The smallest absolute Gasteiger partial charge is 0.348 e. The Morgan fingerprint density at radius 3 is 1.59 bits per heavy atom. The molecule has 0 bridgehead atoms. The predicted octanol–water partition coefficient (Wildman–Crippen LogP) is 13.0. The van der Waals surface area contributed by atoms with Crippen molar-refractivity contribution in [2.75, 3.05) is 0 Å². The first-order valence-corrected chi connectivity index (χ1v) is 17.5. The van der Waals surface area contributed by atoms with Crippen molar-refractivity contribution in [3.8, 4) is 0 Å². The van der Waals surface area contributed by atoms with Crippen LogP contribution in [0.25, 0.3) is 11.1 Å². The van der Waals surface area contributed by atoms with Gasteiger partial charge in [-0.05, 0) is 71.9 Å². The normalized spacial score (nSPS) is 10.5. The quantitative estimate of drug-likeness (QED) is 0.0268. The summed E-state index contributed by atoms with van der Waals surface area (Å²) < 4.78 is 0. The molecule has 44 heavy (non-hydrogen) atoms. The van der Waals surface area contributed by atoms with E-state index in [1.165, 1.54) is 110 Å². The minimum Gasteiger partial charge on any atom is -0.348 e. The van der Waals surface area contributed by atoms with Gasteiger partial charge >= 0.3 is 20.4 Å². The number of hydrogen-bond donors (Lipinski definition) is 0. The summed E-state index contributed by atoms with van der Waals surface area (Å²) in [6.45, 7) is 18.2. The molecule has 0 unspecified atom stereocenters. The van der Waals surface area contributed by atoms with Gasteiger partial charge in [0.1, 0.15) is 0 Å². The molecule has 3 heteroatoms. The van der Waals surface area contributed by atoms with Crippen molar-refractivity contribution >= 4 is 11.4 Å². The van der Waals surface area contributed by atoms with Crippen LogP contribution in [0.3, 0.4) is 0 Å². The summed E-state index contributed by atoms with van der Waals surface area (Å²) in [6, 6.07) is 18.1. The van der Waals surface area contributed by atoms with Gasteiger partial charge in [0.2, 0.25) is 0 Å². The van der Waals surface area contributed by atoms with Crippen LogP contribution in [0.2, 0.25) is 0 Å². The number of aryl methyl sites for hydroxylation is 2. The van der Waals surface area contributed by atoms with Crippen LogP contribution in [0.5, 0.6) is 0 Å². The molecule has 0 aliphatic heterocycles. The number of benzene rings is 2. The van der Waals surface area contributed by atoms with Crippen LogP contribution < -0.4 is 0 Å². The van der Waals surface area contributed by atoms with E-state index in [1.807, 2.05) is 6.08 Å². The van der Waals surface area contributed by atoms with Crippen LogP contribution in [0, 0.1) is 13.8 Å². The molecule has 0 spiro atoms. The third kappa shape index (κ3) is 21.7. The molecule has 0 saturated carbocycles. The molecule has 0 amide bonds. The molecular formula is C41H64N2Pd. The maximum atomic E-state index is 9.13. The largest absolute Gasteiger partial charge is 2.00 e. The van der Waals surface area contributed by atoms with Gasteiger partial charge in [-0.1, -0.05) is 147 Å². The number of unbranched alkanes of at least 4 members (excludes halogenated alkanes) is 10. The summed E-state index contributed by atoms with van der Waals surface area (Å²) in [5.41, 5.74) is 16.9. The van der Waals surface area contributed by atoms with Crippen molar-refractivity contribution in [3.05, 3.63) is 102 Å². The average Bonchev–Trinajstić information content (AvgIpc) is 3.05. The second-order valence-electron chi connectivity index (χ2n) is 11.5. The maximum absolute atomic E-state index is 9.13. The van der Waals surface area contributed by atoms with Crippen LogP contribution in [0.15, 0.2) is 60.2 Å². The van der Waals surface area contributed by atoms with Crippen LogP contribution >= 0.6 is 0 Å². The van der Waals surface area contributed by atoms with E-state index in [9.17, 15) is 0 Å². The van der Waals surface area contributed by atoms with Gasteiger partial charge < -0.3 is 19.4 Å². The van der Waals surface area contributed by atoms with E-state index >= 15 is 0 Å². The Morgan fingerprint density at radius 1 is 0.659 bits per heavy atom. The Kier molecular flexibility index (Phi) is 32.5. The SMILES string of the molecule is CCCCCCCCc1cccc(C(=C(C=C=[N+]=[N-])CCCCC)c2cccc(CCCC)c2)c1.[CH2-]CCC.[CH2-]CCC.[Pd+2]. The van der Waals surface area contributed by atoms with Crippen LogP contribution in [-0.2, 0) is 33.3 Å². The number of allylic oxidation sites excluding steroid dienone is 2. The average molecular weight is 691 g/mol. The number of rotatable bonds is 19. The molecule has 0 heterocycles. The van der Waals surface area contributed by atoms with Crippen molar-refractivity contribution in [2.45, 2.75) is 150 Å². The van der Waals surface area contributed by atoms with Crippen molar-refractivity contribution in [1.82, 2.24) is 0 Å². The molecule has 2 aromatic carbocycles. The first kappa shape index (κ1) is 44.1. The molecule has 2 aromatic rings. The molecule has 2 nitrogen and oxygen atoms in total. The van der Waals surface area contributed by atoms with Crippen molar-refractivity contribution in [3.63, 3.8) is 0 Å². The fourth-order valence-electron chi connectivity index (χ4n) is 4.73. The maximum Gasteiger partial charge on any atom is 2.00 e. The second kappa shape index (κ2) is 32.4. The second-order valence-corrected chi connectivity index (χ2v) is 11.5. The fraction of sp³-hybridized carbons (Fsp3) is 0.561. The van der Waals surface area contributed by atoms with Crippen molar-refractivity contribution in [1.29, 1.82) is 0 Å². The minimum atomic E-state index is 0. The molecule has 2 rings (SSSR count). The van der Waals surface area contributed by atoms with Gasteiger partial charge in [0.25, 0.3) is 5.87 Å². The van der Waals surface area contributed by atoms with Gasteiger partial charge in [0.05, 0.1) is 6.08 Å². The predicted molar refractivity (Wildman–Crippen MR) is 192 cm³/mol. The van der Waals surface area contributed by atoms with Crippen LogP contribution in [-0.4, -0.2) is 10.7 Å². The zero-order valence-electron chi connectivity index (χ0n) is 29.0. The van der Waals surface area contributed by atoms with E-state index in [4.69, 9.17) is 5.53 Å². The van der Waals surface area contributed by atoms with Gasteiger partial charge in [-0.3, -0.25) is 0 Å².